The minimum Gasteiger partial charge on any atom is -0.406 e. The smallest absolute Gasteiger partial charge is 0.406 e. The van der Waals surface area contributed by atoms with Gasteiger partial charge in [-0.15, -0.1) is 13.2 Å². The number of halogens is 3. The van der Waals surface area contributed by atoms with Gasteiger partial charge in [0.1, 0.15) is 5.75 Å². The highest BCUT2D eigenvalue weighted by Gasteiger charge is 2.30. The molecule has 0 amide bonds. The minimum atomic E-state index is -4.69. The van der Waals surface area contributed by atoms with Crippen molar-refractivity contribution < 1.29 is 17.9 Å². The fourth-order valence-electron chi connectivity index (χ4n) is 2.42. The number of hydrogen-bond donors (Lipinski definition) is 1. The molecule has 0 bridgehead atoms. The van der Waals surface area contributed by atoms with E-state index in [1.807, 2.05) is 18.2 Å². The summed E-state index contributed by atoms with van der Waals surface area (Å²) in [6, 6.07) is 11.4. The first-order valence-electron chi connectivity index (χ1n) is 7.34. The van der Waals surface area contributed by atoms with Crippen LogP contribution in [0.4, 0.5) is 24.5 Å². The van der Waals surface area contributed by atoms with E-state index in [-0.39, 0.29) is 5.75 Å². The number of anilines is 2. The molecule has 6 heteroatoms. The third-order valence-electron chi connectivity index (χ3n) is 3.56. The van der Waals surface area contributed by atoms with Crippen molar-refractivity contribution in [3.05, 3.63) is 42.5 Å². The Balaban J connectivity index is 2.32. The van der Waals surface area contributed by atoms with Gasteiger partial charge in [-0.25, -0.2) is 0 Å². The van der Waals surface area contributed by atoms with E-state index in [1.165, 1.54) is 12.1 Å². The normalized spacial score (nSPS) is 11.3. The average Bonchev–Trinajstić information content (AvgIpc) is 2.49. The summed E-state index contributed by atoms with van der Waals surface area (Å²) >= 11 is 0. The molecule has 2 N–H and O–H groups in total. The topological polar surface area (TPSA) is 38.5 Å². The molecule has 2 aromatic rings. The van der Waals surface area contributed by atoms with E-state index in [0.717, 1.165) is 29.9 Å². The van der Waals surface area contributed by atoms with Gasteiger partial charge >= 0.3 is 6.36 Å². The second-order valence-corrected chi connectivity index (χ2v) is 5.02. The number of nitrogens with two attached hydrogens (primary N) is 1. The SMILES string of the molecule is CCN(CC)c1ccc(N)c(-c2ccc(OC(F)(F)F)cc2)c1. The fourth-order valence-corrected chi connectivity index (χ4v) is 2.42. The summed E-state index contributed by atoms with van der Waals surface area (Å²) in [7, 11) is 0. The number of nitrogen functional groups attached to an aromatic ring is 1. The van der Waals surface area contributed by atoms with Crippen LogP contribution in [0.15, 0.2) is 42.5 Å². The lowest BCUT2D eigenvalue weighted by atomic mass is 10.0. The van der Waals surface area contributed by atoms with Gasteiger partial charge in [-0.05, 0) is 49.7 Å². The molecule has 124 valence electrons. The third-order valence-corrected chi connectivity index (χ3v) is 3.56. The molecule has 2 aromatic carbocycles. The number of nitrogens with zero attached hydrogens (tertiary/aromatic N) is 1. The Bertz CT molecular complexity index is 650. The van der Waals surface area contributed by atoms with Crippen molar-refractivity contribution in [2.45, 2.75) is 20.2 Å². The van der Waals surface area contributed by atoms with Crippen molar-refractivity contribution in [3.8, 4) is 16.9 Å². The number of alkyl halides is 3. The predicted octanol–water partition coefficient (Wildman–Crippen LogP) is 4.68. The van der Waals surface area contributed by atoms with Gasteiger partial charge in [0, 0.05) is 30.0 Å². The maximum Gasteiger partial charge on any atom is 0.573 e. The van der Waals surface area contributed by atoms with Gasteiger partial charge in [0.15, 0.2) is 0 Å². The standard InChI is InChI=1S/C17H19F3N2O/c1-3-22(4-2)13-7-10-16(21)15(11-13)12-5-8-14(9-6-12)23-17(18,19)20/h5-11H,3-4,21H2,1-2H3. The molecule has 0 aliphatic carbocycles. The van der Waals surface area contributed by atoms with Gasteiger partial charge in [0.05, 0.1) is 0 Å². The average molecular weight is 324 g/mol. The molecule has 0 saturated heterocycles. The predicted molar refractivity (Wildman–Crippen MR) is 86.5 cm³/mol. The monoisotopic (exact) mass is 324 g/mol. The van der Waals surface area contributed by atoms with Crippen LogP contribution in [0.5, 0.6) is 5.75 Å². The van der Waals surface area contributed by atoms with Crippen LogP contribution >= 0.6 is 0 Å². The molecule has 0 radical (unpaired) electrons. The summed E-state index contributed by atoms with van der Waals surface area (Å²) in [6.07, 6.45) is -4.69. The van der Waals surface area contributed by atoms with Crippen molar-refractivity contribution >= 4 is 11.4 Å². The summed E-state index contributed by atoms with van der Waals surface area (Å²) in [5.74, 6) is -0.250. The first kappa shape index (κ1) is 17.0. The first-order valence-corrected chi connectivity index (χ1v) is 7.34. The number of benzene rings is 2. The Kier molecular flexibility index (Phi) is 5.03. The number of hydrogen-bond acceptors (Lipinski definition) is 3. The molecule has 0 aliphatic heterocycles. The maximum absolute atomic E-state index is 12.2. The molecule has 2 rings (SSSR count). The zero-order valence-corrected chi connectivity index (χ0v) is 13.0. The first-order chi connectivity index (χ1) is 10.8. The minimum absolute atomic E-state index is 0.250. The van der Waals surface area contributed by atoms with Crippen LogP contribution in [0.25, 0.3) is 11.1 Å². The summed E-state index contributed by atoms with van der Waals surface area (Å²) in [6.45, 7) is 5.84. The molecule has 0 unspecified atom stereocenters. The number of ether oxygens (including phenoxy) is 1. The summed E-state index contributed by atoms with van der Waals surface area (Å²) in [5, 5.41) is 0. The Morgan fingerprint density at radius 3 is 2.13 bits per heavy atom. The molecule has 0 aliphatic rings. The van der Waals surface area contributed by atoms with Crippen LogP contribution in [-0.4, -0.2) is 19.5 Å². The summed E-state index contributed by atoms with van der Waals surface area (Å²) < 4.78 is 40.5. The maximum atomic E-state index is 12.2. The highest BCUT2D eigenvalue weighted by molar-refractivity contribution is 5.80. The van der Waals surface area contributed by atoms with Gasteiger partial charge in [0.25, 0.3) is 0 Å². The van der Waals surface area contributed by atoms with E-state index >= 15 is 0 Å². The summed E-state index contributed by atoms with van der Waals surface area (Å²) in [4.78, 5) is 2.17. The Morgan fingerprint density at radius 2 is 1.61 bits per heavy atom. The quantitative estimate of drug-likeness (QED) is 0.812. The molecular formula is C17H19F3N2O. The van der Waals surface area contributed by atoms with E-state index in [2.05, 4.69) is 23.5 Å². The van der Waals surface area contributed by atoms with Gasteiger partial charge < -0.3 is 15.4 Å². The van der Waals surface area contributed by atoms with Gasteiger partial charge in [-0.2, -0.15) is 0 Å². The molecule has 0 atom stereocenters. The van der Waals surface area contributed by atoms with Crippen LogP contribution < -0.4 is 15.4 Å². The zero-order valence-electron chi connectivity index (χ0n) is 13.0. The van der Waals surface area contributed by atoms with Crippen molar-refractivity contribution in [1.82, 2.24) is 0 Å². The molecule has 0 heterocycles. The molecule has 3 nitrogen and oxygen atoms in total. The Morgan fingerprint density at radius 1 is 1.00 bits per heavy atom. The molecule has 0 fully saturated rings. The highest BCUT2D eigenvalue weighted by Crippen LogP contribution is 2.32. The van der Waals surface area contributed by atoms with Crippen molar-refractivity contribution in [2.24, 2.45) is 0 Å². The highest BCUT2D eigenvalue weighted by atomic mass is 19.4. The Hall–Kier alpha value is -2.37. The summed E-state index contributed by atoms with van der Waals surface area (Å²) in [5.41, 5.74) is 9.14. The molecule has 23 heavy (non-hydrogen) atoms. The lowest BCUT2D eigenvalue weighted by molar-refractivity contribution is -0.274. The van der Waals surface area contributed by atoms with Crippen LogP contribution in [0, 0.1) is 0 Å². The second kappa shape index (κ2) is 6.81. The van der Waals surface area contributed by atoms with Crippen molar-refractivity contribution in [3.63, 3.8) is 0 Å². The molecule has 0 saturated carbocycles. The van der Waals surface area contributed by atoms with E-state index < -0.39 is 6.36 Å². The Labute approximate surface area is 133 Å². The van der Waals surface area contributed by atoms with Crippen LogP contribution in [-0.2, 0) is 0 Å². The van der Waals surface area contributed by atoms with Gasteiger partial charge in [-0.1, -0.05) is 12.1 Å². The van der Waals surface area contributed by atoms with Gasteiger partial charge in [-0.3, -0.25) is 0 Å². The zero-order chi connectivity index (χ0) is 17.0. The second-order valence-electron chi connectivity index (χ2n) is 5.02. The lowest BCUT2D eigenvalue weighted by Gasteiger charge is -2.22. The van der Waals surface area contributed by atoms with E-state index in [9.17, 15) is 13.2 Å². The molecular weight excluding hydrogens is 305 g/mol. The van der Waals surface area contributed by atoms with Crippen LogP contribution in [0.1, 0.15) is 13.8 Å². The van der Waals surface area contributed by atoms with Gasteiger partial charge in [0.2, 0.25) is 0 Å². The van der Waals surface area contributed by atoms with Crippen molar-refractivity contribution in [1.29, 1.82) is 0 Å². The third kappa shape index (κ3) is 4.31. The van der Waals surface area contributed by atoms with E-state index in [0.29, 0.717) is 5.69 Å². The number of rotatable bonds is 5. The fraction of sp³-hybridized carbons (Fsp3) is 0.294. The van der Waals surface area contributed by atoms with E-state index in [4.69, 9.17) is 5.73 Å². The molecule has 0 aromatic heterocycles. The lowest BCUT2D eigenvalue weighted by Crippen LogP contribution is -2.21. The van der Waals surface area contributed by atoms with Crippen molar-refractivity contribution in [2.75, 3.05) is 23.7 Å². The van der Waals surface area contributed by atoms with E-state index in [1.54, 1.807) is 12.1 Å². The largest absolute Gasteiger partial charge is 0.573 e. The molecule has 0 spiro atoms. The van der Waals surface area contributed by atoms with Crippen LogP contribution in [0.3, 0.4) is 0 Å². The van der Waals surface area contributed by atoms with Crippen LogP contribution in [0.2, 0.25) is 0 Å².